The Kier molecular flexibility index (Phi) is 4.99. The Labute approximate surface area is 197 Å². The molecule has 1 unspecified atom stereocenters. The molecule has 3 aromatic rings. The Hall–Kier alpha value is -2.77. The lowest BCUT2D eigenvalue weighted by Crippen LogP contribution is -2.46. The number of para-hydroxylation sites is 1. The number of carbonyl (C=O) groups excluding carboxylic acids is 2. The van der Waals surface area contributed by atoms with E-state index in [1.807, 2.05) is 19.1 Å². The number of hydrogen-bond acceptors (Lipinski definition) is 5. The summed E-state index contributed by atoms with van der Waals surface area (Å²) in [6, 6.07) is 14.2. The van der Waals surface area contributed by atoms with E-state index in [-0.39, 0.29) is 11.9 Å². The number of nitrogens with one attached hydrogen (secondary N) is 1. The van der Waals surface area contributed by atoms with E-state index in [0.29, 0.717) is 12.6 Å². The van der Waals surface area contributed by atoms with Crippen molar-refractivity contribution in [3.8, 4) is 0 Å². The highest BCUT2D eigenvalue weighted by atomic mass is 32.1. The van der Waals surface area contributed by atoms with Gasteiger partial charge in [0.15, 0.2) is 0 Å². The number of hydrogen-bond donors (Lipinski definition) is 1. The van der Waals surface area contributed by atoms with E-state index in [1.54, 1.807) is 11.3 Å². The van der Waals surface area contributed by atoms with Gasteiger partial charge in [0.25, 0.3) is 5.91 Å². The fraction of sp³-hybridized carbons (Fsp3) is 0.423. The summed E-state index contributed by atoms with van der Waals surface area (Å²) in [6.07, 6.45) is 5.30. The third-order valence-electron chi connectivity index (χ3n) is 7.54. The number of carbonyl (C=O) groups is 2. The smallest absolute Gasteiger partial charge is 0.319 e. The number of likely N-dealkylation sites (tertiary alicyclic amines) is 1. The first kappa shape index (κ1) is 20.8. The molecular weight excluding hydrogens is 432 g/mol. The largest absolute Gasteiger partial charge is 0.326 e. The second kappa shape index (κ2) is 7.92. The number of benzene rings is 2. The van der Waals surface area contributed by atoms with Crippen LogP contribution in [-0.4, -0.2) is 46.5 Å². The van der Waals surface area contributed by atoms with Crippen molar-refractivity contribution in [3.05, 3.63) is 64.2 Å². The molecule has 3 aliphatic rings. The van der Waals surface area contributed by atoms with Crippen molar-refractivity contribution in [1.29, 1.82) is 0 Å². The minimum atomic E-state index is -0.992. The molecule has 7 heteroatoms. The number of thiazole rings is 1. The first-order valence-electron chi connectivity index (χ1n) is 11.9. The monoisotopic (exact) mass is 460 g/mol. The minimum Gasteiger partial charge on any atom is -0.319 e. The summed E-state index contributed by atoms with van der Waals surface area (Å²) in [5.41, 5.74) is 3.65. The summed E-state index contributed by atoms with van der Waals surface area (Å²) in [5, 5.41) is 4.18. The van der Waals surface area contributed by atoms with Crippen LogP contribution in [0.25, 0.3) is 10.2 Å². The molecule has 2 saturated heterocycles. The molecule has 6 rings (SSSR count). The van der Waals surface area contributed by atoms with Gasteiger partial charge >= 0.3 is 6.03 Å². The molecule has 1 N–H and O–H groups in total. The van der Waals surface area contributed by atoms with E-state index in [1.165, 1.54) is 25.7 Å². The summed E-state index contributed by atoms with van der Waals surface area (Å²) in [5.74, 6) is 0.289. The lowest BCUT2D eigenvalue weighted by atomic mass is 9.90. The highest BCUT2D eigenvalue weighted by molar-refractivity contribution is 7.18. The van der Waals surface area contributed by atoms with Crippen molar-refractivity contribution in [2.45, 2.75) is 50.5 Å². The number of aromatic nitrogens is 1. The van der Waals surface area contributed by atoms with Gasteiger partial charge in [-0.15, -0.1) is 11.3 Å². The molecule has 2 aliphatic heterocycles. The summed E-state index contributed by atoms with van der Waals surface area (Å²) >= 11 is 1.79. The molecule has 0 spiro atoms. The van der Waals surface area contributed by atoms with Gasteiger partial charge in [-0.1, -0.05) is 30.3 Å². The van der Waals surface area contributed by atoms with Gasteiger partial charge in [0.05, 0.1) is 21.9 Å². The molecule has 1 aliphatic carbocycles. The van der Waals surface area contributed by atoms with Crippen LogP contribution in [0.1, 0.15) is 53.8 Å². The maximum absolute atomic E-state index is 13.4. The molecular formula is C26H28N4O2S. The molecule has 1 atom stereocenters. The van der Waals surface area contributed by atoms with Gasteiger partial charge in [0.2, 0.25) is 0 Å². The van der Waals surface area contributed by atoms with Gasteiger partial charge in [-0.3, -0.25) is 9.69 Å². The van der Waals surface area contributed by atoms with Gasteiger partial charge in [-0.05, 0) is 67.9 Å². The second-order valence-corrected chi connectivity index (χ2v) is 10.7. The van der Waals surface area contributed by atoms with E-state index in [4.69, 9.17) is 4.98 Å². The number of imide groups is 1. The lowest BCUT2D eigenvalue weighted by molar-refractivity contribution is -0.132. The summed E-state index contributed by atoms with van der Waals surface area (Å²) in [6.45, 7) is 3.89. The third kappa shape index (κ3) is 3.54. The molecule has 170 valence electrons. The number of piperidine rings is 1. The fourth-order valence-electron chi connectivity index (χ4n) is 5.49. The van der Waals surface area contributed by atoms with Crippen LogP contribution in [-0.2, 0) is 23.2 Å². The lowest BCUT2D eigenvalue weighted by Gasteiger charge is -2.33. The van der Waals surface area contributed by atoms with E-state index < -0.39 is 5.54 Å². The fourth-order valence-corrected chi connectivity index (χ4v) is 6.63. The van der Waals surface area contributed by atoms with Crippen LogP contribution in [0.15, 0.2) is 42.5 Å². The highest BCUT2D eigenvalue weighted by Gasteiger charge is 2.49. The van der Waals surface area contributed by atoms with Crippen LogP contribution in [0.4, 0.5) is 4.79 Å². The Morgan fingerprint density at radius 2 is 1.88 bits per heavy atom. The maximum Gasteiger partial charge on any atom is 0.326 e. The molecule has 2 aromatic carbocycles. The number of rotatable bonds is 4. The molecule has 0 radical (unpaired) electrons. The Bertz CT molecular complexity index is 1210. The zero-order valence-corrected chi connectivity index (χ0v) is 19.7. The van der Waals surface area contributed by atoms with Crippen molar-refractivity contribution in [2.75, 3.05) is 19.8 Å². The Balaban J connectivity index is 1.13. The molecule has 0 saturated carbocycles. The van der Waals surface area contributed by atoms with Gasteiger partial charge in [-0.25, -0.2) is 14.7 Å². The van der Waals surface area contributed by atoms with Crippen molar-refractivity contribution >= 4 is 33.5 Å². The molecule has 1 aromatic heterocycles. The Morgan fingerprint density at radius 3 is 2.70 bits per heavy atom. The molecule has 2 fully saturated rings. The predicted molar refractivity (Wildman–Crippen MR) is 129 cm³/mol. The van der Waals surface area contributed by atoms with Gasteiger partial charge in [0.1, 0.15) is 5.54 Å². The normalized spacial score (nSPS) is 24.0. The van der Waals surface area contributed by atoms with E-state index in [9.17, 15) is 9.59 Å². The minimum absolute atomic E-state index is 0.154. The SMILES string of the molecule is CC1(c2ccc3c(c2)CCC3)NC(=O)N(CN2CCC(c3nc4ccccc4s3)CC2)C1=O. The zero-order chi connectivity index (χ0) is 22.6. The molecule has 3 amide bonds. The number of amides is 3. The Morgan fingerprint density at radius 1 is 1.09 bits per heavy atom. The van der Waals surface area contributed by atoms with E-state index in [0.717, 1.165) is 56.3 Å². The van der Waals surface area contributed by atoms with Crippen molar-refractivity contribution in [2.24, 2.45) is 0 Å². The maximum atomic E-state index is 13.4. The molecule has 0 bridgehead atoms. The summed E-state index contributed by atoms with van der Waals surface area (Å²) < 4.78 is 1.24. The van der Waals surface area contributed by atoms with Crippen LogP contribution < -0.4 is 5.32 Å². The standard InChI is InChI=1S/C26H28N4O2S/c1-26(20-10-9-17-5-4-6-19(17)15-20)24(31)30(25(32)28-26)16-29-13-11-18(12-14-29)23-27-21-7-2-3-8-22(21)33-23/h2-3,7-10,15,18H,4-6,11-14,16H2,1H3,(H,28,32). The van der Waals surface area contributed by atoms with Gasteiger partial charge in [-0.2, -0.15) is 0 Å². The molecule has 33 heavy (non-hydrogen) atoms. The highest BCUT2D eigenvalue weighted by Crippen LogP contribution is 2.35. The average molecular weight is 461 g/mol. The number of aryl methyl sites for hydroxylation is 2. The predicted octanol–water partition coefficient (Wildman–Crippen LogP) is 4.39. The first-order chi connectivity index (χ1) is 16.0. The van der Waals surface area contributed by atoms with Crippen molar-refractivity contribution < 1.29 is 9.59 Å². The van der Waals surface area contributed by atoms with Crippen molar-refractivity contribution in [1.82, 2.24) is 20.1 Å². The number of urea groups is 1. The van der Waals surface area contributed by atoms with E-state index >= 15 is 0 Å². The van der Waals surface area contributed by atoms with Crippen LogP contribution in [0.3, 0.4) is 0 Å². The van der Waals surface area contributed by atoms with Gasteiger partial charge < -0.3 is 5.32 Å². The van der Waals surface area contributed by atoms with Crippen molar-refractivity contribution in [3.63, 3.8) is 0 Å². The molecule has 6 nitrogen and oxygen atoms in total. The topological polar surface area (TPSA) is 65.5 Å². The average Bonchev–Trinajstić information content (AvgIpc) is 3.53. The van der Waals surface area contributed by atoms with E-state index in [2.05, 4.69) is 40.5 Å². The second-order valence-electron chi connectivity index (χ2n) is 9.68. The van der Waals surface area contributed by atoms with Crippen LogP contribution >= 0.6 is 11.3 Å². The number of fused-ring (bicyclic) bond motifs is 2. The first-order valence-corrected chi connectivity index (χ1v) is 12.7. The quantitative estimate of drug-likeness (QED) is 0.587. The number of nitrogens with zero attached hydrogens (tertiary/aromatic N) is 3. The van der Waals surface area contributed by atoms with Gasteiger partial charge in [0, 0.05) is 19.0 Å². The zero-order valence-electron chi connectivity index (χ0n) is 18.8. The third-order valence-corrected chi connectivity index (χ3v) is 8.74. The molecule has 3 heterocycles. The van der Waals surface area contributed by atoms with Crippen LogP contribution in [0.2, 0.25) is 0 Å². The summed E-state index contributed by atoms with van der Waals surface area (Å²) in [7, 11) is 0. The summed E-state index contributed by atoms with van der Waals surface area (Å²) in [4.78, 5) is 34.7. The van der Waals surface area contributed by atoms with Crippen LogP contribution in [0.5, 0.6) is 0 Å². The van der Waals surface area contributed by atoms with Crippen LogP contribution in [0, 0.1) is 0 Å².